The van der Waals surface area contributed by atoms with Gasteiger partial charge in [0.2, 0.25) is 0 Å². The number of para-hydroxylation sites is 1. The van der Waals surface area contributed by atoms with Crippen LogP contribution in [0.15, 0.2) is 24.3 Å². The molecular weight excluding hydrogens is 277 g/mol. The van der Waals surface area contributed by atoms with Gasteiger partial charge in [-0.25, -0.2) is 9.18 Å². The number of benzene rings is 1. The molecule has 2 unspecified atom stereocenters. The van der Waals surface area contributed by atoms with Crippen molar-refractivity contribution in [3.05, 3.63) is 30.1 Å². The molecule has 1 aromatic rings. The van der Waals surface area contributed by atoms with Gasteiger partial charge in [-0.3, -0.25) is 4.79 Å². The molecule has 1 aliphatic heterocycles. The average Bonchev–Trinajstić information content (AvgIpc) is 2.84. The molecule has 0 saturated carbocycles. The molecule has 21 heavy (non-hydrogen) atoms. The Kier molecular flexibility index (Phi) is 4.16. The first kappa shape index (κ1) is 15.3. The molecule has 1 saturated heterocycles. The van der Waals surface area contributed by atoms with Crippen molar-refractivity contribution < 1.29 is 23.8 Å². The number of carbonyl (C=O) groups is 2. The van der Waals surface area contributed by atoms with E-state index in [0.29, 0.717) is 19.4 Å². The summed E-state index contributed by atoms with van der Waals surface area (Å²) in [5, 5.41) is 9.31. The highest BCUT2D eigenvalue weighted by Crippen LogP contribution is 2.30. The minimum Gasteiger partial charge on any atom is -0.480 e. The number of hydrogen-bond donors (Lipinski definition) is 1. The van der Waals surface area contributed by atoms with Crippen LogP contribution in [0, 0.1) is 5.82 Å². The van der Waals surface area contributed by atoms with Gasteiger partial charge in [-0.2, -0.15) is 0 Å². The fourth-order valence-corrected chi connectivity index (χ4v) is 2.54. The zero-order valence-electron chi connectivity index (χ0n) is 12.0. The minimum atomic E-state index is -1.22. The Morgan fingerprint density at radius 3 is 2.71 bits per heavy atom. The Hall–Kier alpha value is -2.11. The van der Waals surface area contributed by atoms with Crippen LogP contribution in [0.1, 0.15) is 26.7 Å². The van der Waals surface area contributed by atoms with E-state index in [9.17, 15) is 19.1 Å². The summed E-state index contributed by atoms with van der Waals surface area (Å²) >= 11 is 0. The van der Waals surface area contributed by atoms with Crippen molar-refractivity contribution in [3.63, 3.8) is 0 Å². The van der Waals surface area contributed by atoms with Gasteiger partial charge in [-0.1, -0.05) is 12.1 Å². The average molecular weight is 295 g/mol. The molecule has 2 rings (SSSR count). The van der Waals surface area contributed by atoms with Gasteiger partial charge in [0.15, 0.2) is 17.7 Å². The third-order valence-electron chi connectivity index (χ3n) is 3.86. The summed E-state index contributed by atoms with van der Waals surface area (Å²) in [6, 6.07) is 5.80. The van der Waals surface area contributed by atoms with E-state index >= 15 is 0 Å². The summed E-state index contributed by atoms with van der Waals surface area (Å²) in [6.45, 7) is 3.39. The SMILES string of the molecule is CC(Oc1ccccc1F)C(=O)N1CCCC1(C)C(=O)O. The molecule has 5 nitrogen and oxygen atoms in total. The van der Waals surface area contributed by atoms with Gasteiger partial charge in [0, 0.05) is 6.54 Å². The number of hydrogen-bond acceptors (Lipinski definition) is 3. The van der Waals surface area contributed by atoms with Crippen LogP contribution >= 0.6 is 0 Å². The number of ether oxygens (including phenoxy) is 1. The Morgan fingerprint density at radius 2 is 2.10 bits per heavy atom. The first-order chi connectivity index (χ1) is 9.86. The summed E-state index contributed by atoms with van der Waals surface area (Å²) in [4.78, 5) is 25.1. The van der Waals surface area contributed by atoms with E-state index < -0.39 is 29.3 Å². The fourth-order valence-electron chi connectivity index (χ4n) is 2.54. The molecule has 0 spiro atoms. The first-order valence-electron chi connectivity index (χ1n) is 6.82. The second-order valence-electron chi connectivity index (χ2n) is 5.36. The Bertz CT molecular complexity index is 562. The maximum Gasteiger partial charge on any atom is 0.329 e. The largest absolute Gasteiger partial charge is 0.480 e. The van der Waals surface area contributed by atoms with Gasteiger partial charge in [0.1, 0.15) is 5.54 Å². The number of carbonyl (C=O) groups excluding carboxylic acids is 1. The van der Waals surface area contributed by atoms with E-state index in [0.717, 1.165) is 0 Å². The molecule has 1 heterocycles. The van der Waals surface area contributed by atoms with Crippen LogP contribution in [0.5, 0.6) is 5.75 Å². The topological polar surface area (TPSA) is 66.8 Å². The third kappa shape index (κ3) is 2.84. The predicted molar refractivity (Wildman–Crippen MR) is 73.5 cm³/mol. The molecule has 0 aliphatic carbocycles. The highest BCUT2D eigenvalue weighted by molar-refractivity contribution is 5.89. The van der Waals surface area contributed by atoms with Gasteiger partial charge >= 0.3 is 5.97 Å². The lowest BCUT2D eigenvalue weighted by molar-refractivity contribution is -0.158. The van der Waals surface area contributed by atoms with Crippen LogP contribution in [-0.2, 0) is 9.59 Å². The minimum absolute atomic E-state index is 0.0189. The third-order valence-corrected chi connectivity index (χ3v) is 3.86. The van der Waals surface area contributed by atoms with E-state index in [2.05, 4.69) is 0 Å². The quantitative estimate of drug-likeness (QED) is 0.923. The summed E-state index contributed by atoms with van der Waals surface area (Å²) in [5.74, 6) is -2.05. The number of rotatable bonds is 4. The number of nitrogens with zero attached hydrogens (tertiary/aromatic N) is 1. The molecule has 1 N–H and O–H groups in total. The Balaban J connectivity index is 2.13. The molecule has 1 amide bonds. The van der Waals surface area contributed by atoms with Crippen LogP contribution in [0.2, 0.25) is 0 Å². The van der Waals surface area contributed by atoms with Crippen molar-refractivity contribution >= 4 is 11.9 Å². The number of carboxylic acids is 1. The summed E-state index contributed by atoms with van der Waals surface area (Å²) in [6.07, 6.45) is 0.0835. The van der Waals surface area contributed by atoms with Crippen LogP contribution in [0.4, 0.5) is 4.39 Å². The molecule has 114 valence electrons. The molecule has 0 radical (unpaired) electrons. The zero-order valence-corrected chi connectivity index (χ0v) is 12.0. The maximum absolute atomic E-state index is 13.5. The summed E-state index contributed by atoms with van der Waals surface area (Å²) in [7, 11) is 0. The fraction of sp³-hybridized carbons (Fsp3) is 0.467. The van der Waals surface area contributed by atoms with E-state index in [1.807, 2.05) is 0 Å². The van der Waals surface area contributed by atoms with Crippen LogP contribution in [-0.4, -0.2) is 40.1 Å². The molecule has 6 heteroatoms. The second kappa shape index (κ2) is 5.71. The Morgan fingerprint density at radius 1 is 1.43 bits per heavy atom. The standard InChI is InChI=1S/C15H18FNO4/c1-10(21-12-7-4-3-6-11(12)16)13(18)17-9-5-8-15(17,2)14(19)20/h3-4,6-7,10H,5,8-9H2,1-2H3,(H,19,20). The van der Waals surface area contributed by atoms with Crippen molar-refractivity contribution in [2.75, 3.05) is 6.54 Å². The molecule has 0 aromatic heterocycles. The van der Waals surface area contributed by atoms with E-state index in [1.165, 1.54) is 36.9 Å². The monoisotopic (exact) mass is 295 g/mol. The zero-order chi connectivity index (χ0) is 15.6. The molecule has 1 aromatic carbocycles. The van der Waals surface area contributed by atoms with Gasteiger partial charge in [-0.05, 0) is 38.8 Å². The predicted octanol–water partition coefficient (Wildman–Crippen LogP) is 2.06. The first-order valence-corrected chi connectivity index (χ1v) is 6.82. The summed E-state index contributed by atoms with van der Waals surface area (Å²) in [5.41, 5.74) is -1.22. The molecule has 2 atom stereocenters. The second-order valence-corrected chi connectivity index (χ2v) is 5.36. The number of halogens is 1. The van der Waals surface area contributed by atoms with Crippen molar-refractivity contribution in [1.29, 1.82) is 0 Å². The Labute approximate surface area is 122 Å². The van der Waals surface area contributed by atoms with E-state index in [1.54, 1.807) is 6.07 Å². The normalized spacial score (nSPS) is 22.9. The number of aliphatic carboxylic acids is 1. The van der Waals surface area contributed by atoms with Gasteiger partial charge in [-0.15, -0.1) is 0 Å². The lowest BCUT2D eigenvalue weighted by Gasteiger charge is -2.33. The van der Waals surface area contributed by atoms with Crippen molar-refractivity contribution in [2.24, 2.45) is 0 Å². The molecule has 0 bridgehead atoms. The van der Waals surface area contributed by atoms with Crippen molar-refractivity contribution in [2.45, 2.75) is 38.3 Å². The summed E-state index contributed by atoms with van der Waals surface area (Å²) < 4.78 is 18.9. The van der Waals surface area contributed by atoms with Gasteiger partial charge in [0.25, 0.3) is 5.91 Å². The van der Waals surface area contributed by atoms with Gasteiger partial charge in [0.05, 0.1) is 0 Å². The lowest BCUT2D eigenvalue weighted by atomic mass is 9.99. The molecule has 1 fully saturated rings. The van der Waals surface area contributed by atoms with Crippen LogP contribution in [0.25, 0.3) is 0 Å². The number of likely N-dealkylation sites (tertiary alicyclic amines) is 1. The highest BCUT2D eigenvalue weighted by Gasteiger charge is 2.47. The highest BCUT2D eigenvalue weighted by atomic mass is 19.1. The molecular formula is C15H18FNO4. The molecule has 1 aliphatic rings. The van der Waals surface area contributed by atoms with E-state index in [-0.39, 0.29) is 5.75 Å². The van der Waals surface area contributed by atoms with E-state index in [4.69, 9.17) is 4.74 Å². The van der Waals surface area contributed by atoms with Crippen LogP contribution in [0.3, 0.4) is 0 Å². The van der Waals surface area contributed by atoms with Gasteiger partial charge < -0.3 is 14.7 Å². The lowest BCUT2D eigenvalue weighted by Crippen LogP contribution is -2.54. The maximum atomic E-state index is 13.5. The number of amides is 1. The van der Waals surface area contributed by atoms with Crippen molar-refractivity contribution in [3.8, 4) is 5.75 Å². The number of carboxylic acid groups (broad SMARTS) is 1. The smallest absolute Gasteiger partial charge is 0.329 e. The van der Waals surface area contributed by atoms with Crippen molar-refractivity contribution in [1.82, 2.24) is 4.90 Å². The van der Waals surface area contributed by atoms with Crippen LogP contribution < -0.4 is 4.74 Å².